The number of ether oxygens (including phenoxy) is 1. The van der Waals surface area contributed by atoms with E-state index < -0.39 is 5.97 Å². The SMILES string of the molecule is COC(=O)c1occc1CN1CCC(c2nc3ccccc3[nH]2)CC1. The molecular weight excluding hydrogens is 318 g/mol. The second-order valence-corrected chi connectivity index (χ2v) is 6.46. The van der Waals surface area contributed by atoms with Gasteiger partial charge in [0.15, 0.2) is 0 Å². The van der Waals surface area contributed by atoms with E-state index in [0.29, 0.717) is 18.2 Å². The molecule has 0 unspecified atom stereocenters. The molecule has 0 bridgehead atoms. The molecule has 0 spiro atoms. The van der Waals surface area contributed by atoms with Gasteiger partial charge < -0.3 is 14.1 Å². The van der Waals surface area contributed by atoms with Gasteiger partial charge in [-0.25, -0.2) is 9.78 Å². The van der Waals surface area contributed by atoms with Crippen LogP contribution in [0.2, 0.25) is 0 Å². The number of hydrogen-bond acceptors (Lipinski definition) is 5. The molecule has 1 aromatic carbocycles. The number of H-pyrrole nitrogens is 1. The molecule has 0 amide bonds. The lowest BCUT2D eigenvalue weighted by molar-refractivity contribution is 0.0561. The fraction of sp³-hybridized carbons (Fsp3) is 0.368. The molecule has 0 radical (unpaired) electrons. The van der Waals surface area contributed by atoms with Crippen molar-refractivity contribution in [2.24, 2.45) is 0 Å². The number of furan rings is 1. The number of fused-ring (bicyclic) bond motifs is 1. The van der Waals surface area contributed by atoms with Crippen LogP contribution < -0.4 is 0 Å². The summed E-state index contributed by atoms with van der Waals surface area (Å²) < 4.78 is 10.0. The average molecular weight is 339 g/mol. The van der Waals surface area contributed by atoms with Crippen LogP contribution in [0.25, 0.3) is 11.0 Å². The van der Waals surface area contributed by atoms with Crippen LogP contribution in [0.15, 0.2) is 41.0 Å². The molecule has 1 saturated heterocycles. The van der Waals surface area contributed by atoms with Crippen molar-refractivity contribution in [2.45, 2.75) is 25.3 Å². The van der Waals surface area contributed by atoms with Crippen molar-refractivity contribution in [3.63, 3.8) is 0 Å². The number of rotatable bonds is 4. The predicted molar refractivity (Wildman–Crippen MR) is 93.4 cm³/mol. The van der Waals surface area contributed by atoms with E-state index in [1.807, 2.05) is 24.3 Å². The molecule has 4 rings (SSSR count). The number of aromatic nitrogens is 2. The molecule has 25 heavy (non-hydrogen) atoms. The Labute approximate surface area is 145 Å². The molecule has 1 aliphatic rings. The number of methoxy groups -OCH3 is 1. The van der Waals surface area contributed by atoms with Crippen LogP contribution in [0.3, 0.4) is 0 Å². The van der Waals surface area contributed by atoms with Gasteiger partial charge in [0, 0.05) is 18.0 Å². The first-order valence-corrected chi connectivity index (χ1v) is 8.56. The summed E-state index contributed by atoms with van der Waals surface area (Å²) in [5.41, 5.74) is 3.01. The molecular formula is C19H21N3O3. The van der Waals surface area contributed by atoms with E-state index in [-0.39, 0.29) is 0 Å². The van der Waals surface area contributed by atoms with Crippen molar-refractivity contribution < 1.29 is 13.9 Å². The van der Waals surface area contributed by atoms with Crippen LogP contribution in [0.1, 0.15) is 40.7 Å². The molecule has 3 aromatic rings. The Morgan fingerprint density at radius 3 is 2.88 bits per heavy atom. The Morgan fingerprint density at radius 1 is 1.32 bits per heavy atom. The van der Waals surface area contributed by atoms with Crippen molar-refractivity contribution in [1.29, 1.82) is 0 Å². The lowest BCUT2D eigenvalue weighted by atomic mass is 9.96. The van der Waals surface area contributed by atoms with E-state index in [0.717, 1.165) is 48.4 Å². The van der Waals surface area contributed by atoms with Crippen LogP contribution in [-0.2, 0) is 11.3 Å². The highest BCUT2D eigenvalue weighted by atomic mass is 16.5. The number of imidazole rings is 1. The van der Waals surface area contributed by atoms with Crippen molar-refractivity contribution in [2.75, 3.05) is 20.2 Å². The first kappa shape index (κ1) is 15.9. The van der Waals surface area contributed by atoms with E-state index in [4.69, 9.17) is 14.1 Å². The number of carbonyl (C=O) groups excluding carboxylic acids is 1. The van der Waals surface area contributed by atoms with Crippen LogP contribution in [-0.4, -0.2) is 41.0 Å². The van der Waals surface area contributed by atoms with Gasteiger partial charge in [-0.1, -0.05) is 12.1 Å². The summed E-state index contributed by atoms with van der Waals surface area (Å²) in [5.74, 6) is 1.42. The minimum Gasteiger partial charge on any atom is -0.463 e. The molecule has 2 aromatic heterocycles. The number of piperidine rings is 1. The van der Waals surface area contributed by atoms with E-state index in [2.05, 4.69) is 16.0 Å². The van der Waals surface area contributed by atoms with E-state index in [1.54, 1.807) is 6.26 Å². The molecule has 1 fully saturated rings. The van der Waals surface area contributed by atoms with Gasteiger partial charge in [-0.15, -0.1) is 0 Å². The second-order valence-electron chi connectivity index (χ2n) is 6.46. The number of esters is 1. The molecule has 0 saturated carbocycles. The molecule has 130 valence electrons. The van der Waals surface area contributed by atoms with Crippen molar-refractivity contribution in [3.8, 4) is 0 Å². The highest BCUT2D eigenvalue weighted by Gasteiger charge is 2.25. The topological polar surface area (TPSA) is 71.4 Å². The number of nitrogens with one attached hydrogen (secondary N) is 1. The molecule has 0 atom stereocenters. The molecule has 1 aliphatic heterocycles. The first-order chi connectivity index (χ1) is 12.2. The number of hydrogen-bond donors (Lipinski definition) is 1. The van der Waals surface area contributed by atoms with Crippen molar-refractivity contribution in [3.05, 3.63) is 53.7 Å². The van der Waals surface area contributed by atoms with Crippen LogP contribution in [0.4, 0.5) is 0 Å². The summed E-state index contributed by atoms with van der Waals surface area (Å²) in [6, 6.07) is 9.99. The van der Waals surface area contributed by atoms with Gasteiger partial charge in [0.05, 0.1) is 24.4 Å². The normalized spacial score (nSPS) is 16.4. The fourth-order valence-corrected chi connectivity index (χ4v) is 3.50. The highest BCUT2D eigenvalue weighted by Crippen LogP contribution is 2.28. The molecule has 6 heteroatoms. The summed E-state index contributed by atoms with van der Waals surface area (Å²) in [5, 5.41) is 0. The monoisotopic (exact) mass is 339 g/mol. The van der Waals surface area contributed by atoms with Gasteiger partial charge in [-0.05, 0) is 44.1 Å². The summed E-state index contributed by atoms with van der Waals surface area (Å²) >= 11 is 0. The summed E-state index contributed by atoms with van der Waals surface area (Å²) in [6.45, 7) is 2.63. The maximum atomic E-state index is 11.7. The third-order valence-corrected chi connectivity index (χ3v) is 4.89. The minimum atomic E-state index is -0.419. The van der Waals surface area contributed by atoms with Gasteiger partial charge in [0.1, 0.15) is 5.82 Å². The van der Waals surface area contributed by atoms with Gasteiger partial charge >= 0.3 is 5.97 Å². The zero-order chi connectivity index (χ0) is 17.2. The second kappa shape index (κ2) is 6.72. The lowest BCUT2D eigenvalue weighted by Crippen LogP contribution is -2.33. The maximum Gasteiger partial charge on any atom is 0.374 e. The molecule has 3 heterocycles. The smallest absolute Gasteiger partial charge is 0.374 e. The van der Waals surface area contributed by atoms with E-state index in [9.17, 15) is 4.79 Å². The van der Waals surface area contributed by atoms with Crippen molar-refractivity contribution >= 4 is 17.0 Å². The first-order valence-electron chi connectivity index (χ1n) is 8.56. The summed E-state index contributed by atoms with van der Waals surface area (Å²) in [6.07, 6.45) is 3.64. The van der Waals surface area contributed by atoms with Gasteiger partial charge in [-0.2, -0.15) is 0 Å². The Kier molecular flexibility index (Phi) is 4.28. The standard InChI is InChI=1S/C19H21N3O3/c1-24-19(23)17-14(8-11-25-17)12-22-9-6-13(7-10-22)18-20-15-4-2-3-5-16(15)21-18/h2-5,8,11,13H,6-7,9-10,12H2,1H3,(H,20,21). The zero-order valence-corrected chi connectivity index (χ0v) is 14.2. The Bertz CT molecular complexity index is 842. The third kappa shape index (κ3) is 3.17. The van der Waals surface area contributed by atoms with Crippen molar-refractivity contribution in [1.82, 2.24) is 14.9 Å². The third-order valence-electron chi connectivity index (χ3n) is 4.89. The Hall–Kier alpha value is -2.60. The molecule has 1 N–H and O–H groups in total. The van der Waals surface area contributed by atoms with Crippen LogP contribution in [0, 0.1) is 0 Å². The Morgan fingerprint density at radius 2 is 2.12 bits per heavy atom. The number of carbonyl (C=O) groups is 1. The number of para-hydroxylation sites is 2. The maximum absolute atomic E-state index is 11.7. The highest BCUT2D eigenvalue weighted by molar-refractivity contribution is 5.87. The van der Waals surface area contributed by atoms with Crippen LogP contribution >= 0.6 is 0 Å². The average Bonchev–Trinajstić information content (AvgIpc) is 3.28. The van der Waals surface area contributed by atoms with Gasteiger partial charge in [0.25, 0.3) is 0 Å². The van der Waals surface area contributed by atoms with Crippen LogP contribution in [0.5, 0.6) is 0 Å². The lowest BCUT2D eigenvalue weighted by Gasteiger charge is -2.30. The fourth-order valence-electron chi connectivity index (χ4n) is 3.50. The molecule has 0 aliphatic carbocycles. The van der Waals surface area contributed by atoms with E-state index in [1.165, 1.54) is 7.11 Å². The number of aromatic amines is 1. The number of likely N-dealkylation sites (tertiary alicyclic amines) is 1. The quantitative estimate of drug-likeness (QED) is 0.738. The zero-order valence-electron chi connectivity index (χ0n) is 14.2. The predicted octanol–water partition coefficient (Wildman–Crippen LogP) is 3.32. The largest absolute Gasteiger partial charge is 0.463 e. The Balaban J connectivity index is 1.40. The van der Waals surface area contributed by atoms with Gasteiger partial charge in [0.2, 0.25) is 5.76 Å². The number of benzene rings is 1. The van der Waals surface area contributed by atoms with E-state index >= 15 is 0 Å². The summed E-state index contributed by atoms with van der Waals surface area (Å²) in [7, 11) is 1.37. The minimum absolute atomic E-state index is 0.307. The number of nitrogens with zero attached hydrogens (tertiary/aromatic N) is 2. The summed E-state index contributed by atoms with van der Waals surface area (Å²) in [4.78, 5) is 22.2. The van der Waals surface area contributed by atoms with Gasteiger partial charge in [-0.3, -0.25) is 4.90 Å². The molecule has 6 nitrogen and oxygen atoms in total.